The van der Waals surface area contributed by atoms with Crippen molar-refractivity contribution in [3.05, 3.63) is 35.5 Å². The van der Waals surface area contributed by atoms with Gasteiger partial charge in [0, 0.05) is 56.1 Å². The molecule has 0 aliphatic carbocycles. The van der Waals surface area contributed by atoms with Crippen molar-refractivity contribution in [2.45, 2.75) is 26.2 Å². The molecule has 1 aromatic heterocycles. The van der Waals surface area contributed by atoms with Gasteiger partial charge in [-0.15, -0.1) is 0 Å². The molecule has 0 radical (unpaired) electrons. The maximum Gasteiger partial charge on any atom is 0.135 e. The van der Waals surface area contributed by atoms with E-state index in [0.717, 1.165) is 38.9 Å². The highest BCUT2D eigenvalue weighted by atomic mass is 16.1. The molecule has 3 nitrogen and oxygen atoms in total. The maximum absolute atomic E-state index is 11.3. The molecule has 1 saturated heterocycles. The van der Waals surface area contributed by atoms with Crippen LogP contribution in [0.4, 0.5) is 0 Å². The topological polar surface area (TPSA) is 25.2 Å². The molecular formula is C17H22N2O. The molecule has 0 atom stereocenters. The van der Waals surface area contributed by atoms with E-state index in [1.165, 1.54) is 22.2 Å². The number of para-hydroxylation sites is 1. The third-order valence-electron chi connectivity index (χ3n) is 4.62. The number of benzene rings is 1. The normalized spacial score (nSPS) is 17.0. The van der Waals surface area contributed by atoms with Gasteiger partial charge in [0.15, 0.2) is 0 Å². The minimum Gasteiger partial charge on any atom is -0.348 e. The maximum atomic E-state index is 11.3. The van der Waals surface area contributed by atoms with Crippen molar-refractivity contribution in [2.75, 3.05) is 19.6 Å². The van der Waals surface area contributed by atoms with Gasteiger partial charge in [0.1, 0.15) is 5.78 Å². The zero-order valence-corrected chi connectivity index (χ0v) is 12.4. The fourth-order valence-electron chi connectivity index (χ4n) is 3.21. The molecule has 0 N–H and O–H groups in total. The monoisotopic (exact) mass is 270 g/mol. The van der Waals surface area contributed by atoms with Crippen molar-refractivity contribution in [3.63, 3.8) is 0 Å². The second-order valence-corrected chi connectivity index (χ2v) is 5.77. The number of aromatic nitrogens is 1. The molecule has 3 heteroatoms. The van der Waals surface area contributed by atoms with Gasteiger partial charge in [-0.3, -0.25) is 4.79 Å². The molecule has 1 aromatic carbocycles. The Bertz CT molecular complexity index is 632. The highest BCUT2D eigenvalue weighted by Gasteiger charge is 2.17. The standard InChI is InChI=1S/C17H22N2O/c1-13-15(9-12-19-10-7-14(20)8-11-19)16-5-3-4-6-17(16)18(13)2/h3-6H,7-12H2,1-2H3. The number of carbonyl (C=O) groups is 1. The summed E-state index contributed by atoms with van der Waals surface area (Å²) in [4.78, 5) is 13.7. The molecule has 20 heavy (non-hydrogen) atoms. The predicted molar refractivity (Wildman–Crippen MR) is 82.0 cm³/mol. The Hall–Kier alpha value is -1.61. The molecule has 0 spiro atoms. The Morgan fingerprint density at radius 3 is 2.60 bits per heavy atom. The van der Waals surface area contributed by atoms with Crippen LogP contribution in [0.1, 0.15) is 24.1 Å². The molecule has 1 aliphatic heterocycles. The molecule has 2 heterocycles. The largest absolute Gasteiger partial charge is 0.348 e. The molecule has 0 saturated carbocycles. The molecule has 0 unspecified atom stereocenters. The van der Waals surface area contributed by atoms with Crippen LogP contribution >= 0.6 is 0 Å². The number of ketones is 1. The van der Waals surface area contributed by atoms with E-state index in [9.17, 15) is 4.79 Å². The first kappa shape index (κ1) is 13.4. The molecule has 0 amide bonds. The second kappa shape index (κ2) is 5.41. The van der Waals surface area contributed by atoms with E-state index < -0.39 is 0 Å². The fourth-order valence-corrected chi connectivity index (χ4v) is 3.21. The molecule has 0 bridgehead atoms. The summed E-state index contributed by atoms with van der Waals surface area (Å²) in [6.07, 6.45) is 2.53. The molecule has 1 fully saturated rings. The van der Waals surface area contributed by atoms with Gasteiger partial charge < -0.3 is 9.47 Å². The average Bonchev–Trinajstić information content (AvgIpc) is 2.71. The van der Waals surface area contributed by atoms with Crippen LogP contribution in [0, 0.1) is 6.92 Å². The van der Waals surface area contributed by atoms with Crippen LogP contribution in [0.2, 0.25) is 0 Å². The number of likely N-dealkylation sites (tertiary alicyclic amines) is 1. The van der Waals surface area contributed by atoms with Crippen LogP contribution in [0.25, 0.3) is 10.9 Å². The lowest BCUT2D eigenvalue weighted by Gasteiger charge is -2.25. The molecule has 2 aromatic rings. The summed E-state index contributed by atoms with van der Waals surface area (Å²) < 4.78 is 2.28. The van der Waals surface area contributed by atoms with Crippen molar-refractivity contribution in [2.24, 2.45) is 7.05 Å². The van der Waals surface area contributed by atoms with Gasteiger partial charge in [-0.05, 0) is 25.0 Å². The minimum absolute atomic E-state index is 0.419. The van der Waals surface area contributed by atoms with Crippen molar-refractivity contribution >= 4 is 16.7 Å². The summed E-state index contributed by atoms with van der Waals surface area (Å²) in [5, 5.41) is 1.38. The summed E-state index contributed by atoms with van der Waals surface area (Å²) in [5.41, 5.74) is 4.13. The Balaban J connectivity index is 1.77. The van der Waals surface area contributed by atoms with E-state index in [0.29, 0.717) is 5.78 Å². The smallest absolute Gasteiger partial charge is 0.135 e. The molecule has 1 aliphatic rings. The number of fused-ring (bicyclic) bond motifs is 1. The van der Waals surface area contributed by atoms with Crippen LogP contribution in [0.15, 0.2) is 24.3 Å². The Kier molecular flexibility index (Phi) is 3.62. The summed E-state index contributed by atoms with van der Waals surface area (Å²) in [6, 6.07) is 8.62. The lowest BCUT2D eigenvalue weighted by molar-refractivity contribution is -0.121. The Morgan fingerprint density at radius 1 is 1.15 bits per heavy atom. The SMILES string of the molecule is Cc1c(CCN2CCC(=O)CC2)c2ccccc2n1C. The first-order chi connectivity index (χ1) is 9.66. The zero-order chi connectivity index (χ0) is 14.1. The van der Waals surface area contributed by atoms with Crippen LogP contribution in [-0.4, -0.2) is 34.9 Å². The highest BCUT2D eigenvalue weighted by Crippen LogP contribution is 2.25. The van der Waals surface area contributed by atoms with Crippen LogP contribution in [-0.2, 0) is 18.3 Å². The summed E-state index contributed by atoms with van der Waals surface area (Å²) >= 11 is 0. The van der Waals surface area contributed by atoms with Gasteiger partial charge >= 0.3 is 0 Å². The Labute approximate surface area is 120 Å². The van der Waals surface area contributed by atoms with Gasteiger partial charge in [-0.2, -0.15) is 0 Å². The Morgan fingerprint density at radius 2 is 1.85 bits per heavy atom. The quantitative estimate of drug-likeness (QED) is 0.857. The van der Waals surface area contributed by atoms with Crippen molar-refractivity contribution in [1.82, 2.24) is 9.47 Å². The number of piperidine rings is 1. The van der Waals surface area contributed by atoms with Gasteiger partial charge in [0.25, 0.3) is 0 Å². The molecule has 106 valence electrons. The van der Waals surface area contributed by atoms with E-state index in [1.54, 1.807) is 0 Å². The summed E-state index contributed by atoms with van der Waals surface area (Å²) in [7, 11) is 2.14. The van der Waals surface area contributed by atoms with Gasteiger partial charge in [-0.25, -0.2) is 0 Å². The number of hydrogen-bond donors (Lipinski definition) is 0. The second-order valence-electron chi connectivity index (χ2n) is 5.77. The average molecular weight is 270 g/mol. The van der Waals surface area contributed by atoms with Crippen molar-refractivity contribution < 1.29 is 4.79 Å². The number of nitrogens with zero attached hydrogens (tertiary/aromatic N) is 2. The molecular weight excluding hydrogens is 248 g/mol. The van der Waals surface area contributed by atoms with E-state index >= 15 is 0 Å². The number of Topliss-reactive ketones (excluding diaryl/α,β-unsaturated/α-hetero) is 1. The van der Waals surface area contributed by atoms with E-state index in [2.05, 4.69) is 47.7 Å². The highest BCUT2D eigenvalue weighted by molar-refractivity contribution is 5.85. The van der Waals surface area contributed by atoms with Crippen LogP contribution in [0.3, 0.4) is 0 Å². The lowest BCUT2D eigenvalue weighted by atomic mass is 10.1. The van der Waals surface area contributed by atoms with E-state index in [-0.39, 0.29) is 0 Å². The lowest BCUT2D eigenvalue weighted by Crippen LogP contribution is -2.35. The minimum atomic E-state index is 0.419. The number of rotatable bonds is 3. The van der Waals surface area contributed by atoms with Crippen LogP contribution in [0.5, 0.6) is 0 Å². The number of aryl methyl sites for hydroxylation is 1. The first-order valence-electron chi connectivity index (χ1n) is 7.44. The zero-order valence-electron chi connectivity index (χ0n) is 12.4. The van der Waals surface area contributed by atoms with Crippen molar-refractivity contribution in [1.29, 1.82) is 0 Å². The van der Waals surface area contributed by atoms with E-state index in [1.807, 2.05) is 0 Å². The van der Waals surface area contributed by atoms with E-state index in [4.69, 9.17) is 0 Å². The van der Waals surface area contributed by atoms with Gasteiger partial charge in [0.05, 0.1) is 0 Å². The molecule has 3 rings (SSSR count). The number of carbonyl (C=O) groups excluding carboxylic acids is 1. The summed E-state index contributed by atoms with van der Waals surface area (Å²) in [6.45, 7) is 5.13. The fraction of sp³-hybridized carbons (Fsp3) is 0.471. The van der Waals surface area contributed by atoms with Gasteiger partial charge in [-0.1, -0.05) is 18.2 Å². The summed E-state index contributed by atoms with van der Waals surface area (Å²) in [5.74, 6) is 0.419. The van der Waals surface area contributed by atoms with Gasteiger partial charge in [0.2, 0.25) is 0 Å². The number of hydrogen-bond acceptors (Lipinski definition) is 2. The first-order valence-corrected chi connectivity index (χ1v) is 7.44. The van der Waals surface area contributed by atoms with Crippen molar-refractivity contribution in [3.8, 4) is 0 Å². The predicted octanol–water partition coefficient (Wildman–Crippen LogP) is 2.69. The third-order valence-corrected chi connectivity index (χ3v) is 4.62. The van der Waals surface area contributed by atoms with Crippen LogP contribution < -0.4 is 0 Å². The third kappa shape index (κ3) is 2.38.